The van der Waals surface area contributed by atoms with Gasteiger partial charge in [-0.05, 0) is 31.6 Å². The third-order valence-electron chi connectivity index (χ3n) is 15.8. The molecule has 0 saturated carbocycles. The first-order chi connectivity index (χ1) is 42.0. The molecule has 0 amide bonds. The number of unbranched alkanes of at least 4 members (excludes halogenated alkanes) is 40. The first-order valence-electron chi connectivity index (χ1n) is 35.6. The lowest BCUT2D eigenvalue weighted by Gasteiger charge is -2.21. The van der Waals surface area contributed by atoms with E-state index in [-0.39, 0.29) is 25.7 Å². The van der Waals surface area contributed by atoms with Crippen molar-refractivity contribution in [2.75, 3.05) is 39.6 Å². The second-order valence-electron chi connectivity index (χ2n) is 25.0. The molecule has 0 aromatic heterocycles. The summed E-state index contributed by atoms with van der Waals surface area (Å²) in [4.78, 5) is 72.3. The maximum atomic E-state index is 13.0. The van der Waals surface area contributed by atoms with Crippen molar-refractivity contribution in [2.24, 2.45) is 5.92 Å². The van der Waals surface area contributed by atoms with E-state index in [0.717, 1.165) is 103 Å². The number of carbonyl (C=O) groups excluding carboxylic acids is 4. The number of aliphatic hydroxyl groups is 1. The van der Waals surface area contributed by atoms with Gasteiger partial charge in [-0.15, -0.1) is 0 Å². The lowest BCUT2D eigenvalue weighted by atomic mass is 10.0. The fourth-order valence-corrected chi connectivity index (χ4v) is 11.9. The van der Waals surface area contributed by atoms with Crippen LogP contribution in [0, 0.1) is 5.92 Å². The van der Waals surface area contributed by atoms with Crippen molar-refractivity contribution in [3.8, 4) is 0 Å². The highest BCUT2D eigenvalue weighted by Crippen LogP contribution is 2.45. The lowest BCUT2D eigenvalue weighted by molar-refractivity contribution is -0.161. The molecule has 2 unspecified atom stereocenters. The smallest absolute Gasteiger partial charge is 0.462 e. The monoisotopic (exact) mass is 1280 g/mol. The molecule has 0 aliphatic rings. The molecule has 0 fully saturated rings. The fourth-order valence-electron chi connectivity index (χ4n) is 10.3. The van der Waals surface area contributed by atoms with Gasteiger partial charge >= 0.3 is 39.5 Å². The van der Waals surface area contributed by atoms with E-state index in [9.17, 15) is 43.2 Å². The summed E-state index contributed by atoms with van der Waals surface area (Å²) in [5, 5.41) is 10.5. The Labute approximate surface area is 530 Å². The van der Waals surface area contributed by atoms with E-state index in [4.69, 9.17) is 37.0 Å². The highest BCUT2D eigenvalue weighted by atomic mass is 31.2. The van der Waals surface area contributed by atoms with Gasteiger partial charge in [0.2, 0.25) is 0 Å². The van der Waals surface area contributed by atoms with Gasteiger partial charge in [-0.1, -0.05) is 298 Å². The molecule has 87 heavy (non-hydrogen) atoms. The molecule has 0 rings (SSSR count). The molecule has 0 spiro atoms. The van der Waals surface area contributed by atoms with Crippen molar-refractivity contribution in [1.82, 2.24) is 0 Å². The largest absolute Gasteiger partial charge is 0.472 e. The quantitative estimate of drug-likeness (QED) is 0.0222. The third kappa shape index (κ3) is 62.6. The minimum Gasteiger partial charge on any atom is -0.462 e. The molecule has 17 nitrogen and oxygen atoms in total. The van der Waals surface area contributed by atoms with E-state index in [2.05, 4.69) is 34.6 Å². The molecule has 0 heterocycles. The molecule has 0 aromatic rings. The van der Waals surface area contributed by atoms with Gasteiger partial charge in [0.1, 0.15) is 19.3 Å². The Morgan fingerprint density at radius 3 is 0.782 bits per heavy atom. The van der Waals surface area contributed by atoms with Crippen LogP contribution in [0.1, 0.15) is 349 Å². The summed E-state index contributed by atoms with van der Waals surface area (Å²) in [5.74, 6) is -1.44. The summed E-state index contributed by atoms with van der Waals surface area (Å²) >= 11 is 0. The third-order valence-corrected chi connectivity index (χ3v) is 17.7. The van der Waals surface area contributed by atoms with Crippen LogP contribution in [0.2, 0.25) is 0 Å². The molecule has 0 aliphatic carbocycles. The average Bonchev–Trinajstić information content (AvgIpc) is 3.66. The van der Waals surface area contributed by atoms with Gasteiger partial charge in [0, 0.05) is 25.7 Å². The maximum absolute atomic E-state index is 13.0. The zero-order chi connectivity index (χ0) is 64.2. The average molecular weight is 1280 g/mol. The Bertz CT molecular complexity index is 1690. The Hall–Kier alpha value is -1.94. The molecular weight excluding hydrogens is 1150 g/mol. The number of hydrogen-bond donors (Lipinski definition) is 3. The zero-order valence-electron chi connectivity index (χ0n) is 56.2. The van der Waals surface area contributed by atoms with Crippen molar-refractivity contribution in [3.05, 3.63) is 0 Å². The van der Waals surface area contributed by atoms with E-state index < -0.39 is 97.5 Å². The van der Waals surface area contributed by atoms with Gasteiger partial charge in [0.05, 0.1) is 26.4 Å². The van der Waals surface area contributed by atoms with Gasteiger partial charge in [0.25, 0.3) is 0 Å². The predicted octanol–water partition coefficient (Wildman–Crippen LogP) is 19.4. The number of esters is 4. The molecule has 0 radical (unpaired) electrons. The minimum atomic E-state index is -4.95. The van der Waals surface area contributed by atoms with Crippen LogP contribution in [0.4, 0.5) is 0 Å². The van der Waals surface area contributed by atoms with Crippen LogP contribution in [0.5, 0.6) is 0 Å². The van der Waals surface area contributed by atoms with E-state index in [1.807, 2.05) is 0 Å². The second kappa shape index (κ2) is 61.6. The Kier molecular flexibility index (Phi) is 60.2. The van der Waals surface area contributed by atoms with E-state index in [1.54, 1.807) is 0 Å². The second-order valence-corrected chi connectivity index (χ2v) is 27.9. The zero-order valence-corrected chi connectivity index (χ0v) is 57.9. The van der Waals surface area contributed by atoms with Crippen LogP contribution in [-0.2, 0) is 65.4 Å². The normalized spacial score (nSPS) is 14.1. The highest BCUT2D eigenvalue weighted by molar-refractivity contribution is 7.47. The van der Waals surface area contributed by atoms with Crippen LogP contribution in [-0.4, -0.2) is 96.7 Å². The maximum Gasteiger partial charge on any atom is 0.472 e. The summed E-state index contributed by atoms with van der Waals surface area (Å²) in [6, 6.07) is 0. The summed E-state index contributed by atoms with van der Waals surface area (Å²) in [6.07, 6.45) is 47.4. The van der Waals surface area contributed by atoms with Gasteiger partial charge in [-0.2, -0.15) is 0 Å². The summed E-state index contributed by atoms with van der Waals surface area (Å²) in [5.41, 5.74) is 0. The van der Waals surface area contributed by atoms with Crippen molar-refractivity contribution < 1.29 is 80.2 Å². The molecule has 19 heteroatoms. The number of phosphoric ester groups is 2. The van der Waals surface area contributed by atoms with Crippen molar-refractivity contribution in [3.63, 3.8) is 0 Å². The molecule has 0 saturated heterocycles. The SMILES string of the molecule is CCCCCCCCCCCCCCCCCCCCC(=O)O[C@H](COC(=O)CCCCCCCCCCCCCC)COP(=O)(O)OC[C@@H](O)COP(=O)(O)OC[C@@H](COC(=O)CCCCCCCCC)OC(=O)CCCCCCCCCC(C)C. The minimum absolute atomic E-state index is 0.103. The molecule has 516 valence electrons. The Balaban J connectivity index is 5.18. The van der Waals surface area contributed by atoms with Crippen molar-refractivity contribution >= 4 is 39.5 Å². The number of carbonyl (C=O) groups is 4. The van der Waals surface area contributed by atoms with Crippen LogP contribution in [0.15, 0.2) is 0 Å². The fraction of sp³-hybridized carbons (Fsp3) is 0.941. The van der Waals surface area contributed by atoms with Gasteiger partial charge in [-0.3, -0.25) is 37.3 Å². The first kappa shape index (κ1) is 85.1. The summed E-state index contributed by atoms with van der Waals surface area (Å²) in [7, 11) is -9.89. The molecule has 0 aliphatic heterocycles. The van der Waals surface area contributed by atoms with E-state index in [1.165, 1.54) is 161 Å². The summed E-state index contributed by atoms with van der Waals surface area (Å²) in [6.45, 7) is 7.13. The van der Waals surface area contributed by atoms with Crippen molar-refractivity contribution in [1.29, 1.82) is 0 Å². The highest BCUT2D eigenvalue weighted by Gasteiger charge is 2.30. The van der Waals surface area contributed by atoms with Crippen LogP contribution < -0.4 is 0 Å². The van der Waals surface area contributed by atoms with Gasteiger partial charge in [0.15, 0.2) is 12.2 Å². The number of hydrogen-bond acceptors (Lipinski definition) is 15. The number of rotatable bonds is 68. The predicted molar refractivity (Wildman–Crippen MR) is 349 cm³/mol. The number of ether oxygens (including phenoxy) is 4. The molecule has 0 bridgehead atoms. The first-order valence-corrected chi connectivity index (χ1v) is 38.6. The Morgan fingerprint density at radius 1 is 0.310 bits per heavy atom. The number of phosphoric acid groups is 2. The Morgan fingerprint density at radius 2 is 0.529 bits per heavy atom. The molecular formula is C68H132O17P2. The van der Waals surface area contributed by atoms with Crippen molar-refractivity contribution in [2.45, 2.75) is 368 Å². The topological polar surface area (TPSA) is 237 Å². The molecule has 0 aromatic carbocycles. The lowest BCUT2D eigenvalue weighted by Crippen LogP contribution is -2.30. The van der Waals surface area contributed by atoms with E-state index >= 15 is 0 Å². The van der Waals surface area contributed by atoms with Crippen LogP contribution in [0.25, 0.3) is 0 Å². The molecule has 5 atom stereocenters. The molecule has 3 N–H and O–H groups in total. The summed E-state index contributed by atoms with van der Waals surface area (Å²) < 4.78 is 68.1. The standard InChI is InChI=1S/C68H132O17P2/c1-6-9-12-15-18-20-22-24-25-26-27-28-29-31-33-38-43-48-53-67(72)84-64(58-79-66(71)52-47-42-37-32-30-23-21-19-16-13-10-7-2)60-83-87(76,77)81-56-62(69)55-80-86(74,75)82-59-63(57-78-65(70)51-46-41-35-17-14-11-8-3)85-68(73)54-49-44-39-34-36-40-45-50-61(4)5/h61-64,69H,6-60H2,1-5H3,(H,74,75)(H,76,77)/t62-,63+,64+/m0/s1. The van der Waals surface area contributed by atoms with Gasteiger partial charge in [-0.25, -0.2) is 9.13 Å². The number of aliphatic hydroxyl groups excluding tert-OH is 1. The van der Waals surface area contributed by atoms with Gasteiger partial charge < -0.3 is 33.8 Å². The van der Waals surface area contributed by atoms with Crippen LogP contribution >= 0.6 is 15.6 Å². The van der Waals surface area contributed by atoms with Crippen LogP contribution in [0.3, 0.4) is 0 Å². The van der Waals surface area contributed by atoms with E-state index in [0.29, 0.717) is 31.6 Å².